The number of hydrogen-bond acceptors (Lipinski definition) is 5. The number of rotatable bonds is 9. The molecule has 3 amide bonds. The lowest BCUT2D eigenvalue weighted by atomic mass is 9.90. The van der Waals surface area contributed by atoms with Crippen molar-refractivity contribution in [2.75, 3.05) is 56.2 Å². The molecule has 2 aromatic carbocycles. The van der Waals surface area contributed by atoms with Gasteiger partial charge in [0.15, 0.2) is 0 Å². The van der Waals surface area contributed by atoms with Gasteiger partial charge in [-0.15, -0.1) is 0 Å². The minimum absolute atomic E-state index is 0.111. The molecule has 0 aliphatic carbocycles. The highest BCUT2D eigenvalue weighted by Gasteiger charge is 2.45. The molecule has 192 valence electrons. The van der Waals surface area contributed by atoms with E-state index in [0.29, 0.717) is 36.8 Å². The number of anilines is 2. The van der Waals surface area contributed by atoms with Gasteiger partial charge in [-0.25, -0.2) is 0 Å². The zero-order valence-corrected chi connectivity index (χ0v) is 21.7. The van der Waals surface area contributed by atoms with Crippen LogP contribution >= 0.6 is 0 Å². The van der Waals surface area contributed by atoms with Gasteiger partial charge >= 0.3 is 0 Å². The first kappa shape index (κ1) is 25.7. The maximum atomic E-state index is 13.0. The fourth-order valence-corrected chi connectivity index (χ4v) is 4.88. The lowest BCUT2D eigenvalue weighted by Gasteiger charge is -2.28. The summed E-state index contributed by atoms with van der Waals surface area (Å²) in [6.45, 7) is 9.20. The maximum Gasteiger partial charge on any atom is 0.254 e. The predicted octanol–water partition coefficient (Wildman–Crippen LogP) is 3.10. The molecule has 0 unspecified atom stereocenters. The number of fused-ring (bicyclic) bond motifs is 2. The SMILES string of the molecule is CCN1C(=O)C(C)(C)C(=O)N(C)c2cc(OCCCNCCN3CCc4ccccc4C3=O)ccc21. The Morgan fingerprint density at radius 1 is 1.00 bits per heavy atom. The van der Waals surface area contributed by atoms with Gasteiger partial charge in [-0.3, -0.25) is 14.4 Å². The molecule has 4 rings (SSSR count). The van der Waals surface area contributed by atoms with Gasteiger partial charge < -0.3 is 24.8 Å². The summed E-state index contributed by atoms with van der Waals surface area (Å²) in [5, 5.41) is 3.39. The molecular formula is C28H36N4O4. The largest absolute Gasteiger partial charge is 0.493 e. The lowest BCUT2D eigenvalue weighted by molar-refractivity contribution is -0.137. The van der Waals surface area contributed by atoms with E-state index in [1.807, 2.05) is 54.3 Å². The number of carbonyl (C=O) groups is 3. The highest BCUT2D eigenvalue weighted by molar-refractivity contribution is 6.20. The van der Waals surface area contributed by atoms with Crippen molar-refractivity contribution in [1.82, 2.24) is 10.2 Å². The maximum absolute atomic E-state index is 13.0. The van der Waals surface area contributed by atoms with Crippen LogP contribution in [0.25, 0.3) is 0 Å². The molecule has 0 atom stereocenters. The monoisotopic (exact) mass is 492 g/mol. The number of benzene rings is 2. The third-order valence-corrected chi connectivity index (χ3v) is 7.05. The van der Waals surface area contributed by atoms with Crippen molar-refractivity contribution in [3.8, 4) is 5.75 Å². The van der Waals surface area contributed by atoms with E-state index < -0.39 is 5.41 Å². The van der Waals surface area contributed by atoms with Crippen LogP contribution in [0.4, 0.5) is 11.4 Å². The zero-order valence-electron chi connectivity index (χ0n) is 21.7. The van der Waals surface area contributed by atoms with Gasteiger partial charge in [-0.05, 0) is 63.9 Å². The molecule has 2 aliphatic heterocycles. The van der Waals surface area contributed by atoms with Gasteiger partial charge in [0.2, 0.25) is 11.8 Å². The summed E-state index contributed by atoms with van der Waals surface area (Å²) < 4.78 is 5.95. The van der Waals surface area contributed by atoms with Gasteiger partial charge in [0.05, 0.1) is 18.0 Å². The molecule has 2 aromatic rings. The van der Waals surface area contributed by atoms with E-state index in [9.17, 15) is 14.4 Å². The molecule has 8 heteroatoms. The molecular weight excluding hydrogens is 456 g/mol. The standard InChI is InChI=1S/C28H36N4O4/c1-5-32-23-12-11-21(19-24(23)30(4)26(34)28(2,3)27(32)35)36-18-8-14-29-15-17-31-16-13-20-9-6-7-10-22(20)25(31)33/h6-7,9-12,19,29H,5,8,13-18H2,1-4H3. The van der Waals surface area contributed by atoms with Gasteiger partial charge in [-0.1, -0.05) is 18.2 Å². The summed E-state index contributed by atoms with van der Waals surface area (Å²) in [6, 6.07) is 13.4. The summed E-state index contributed by atoms with van der Waals surface area (Å²) in [5.41, 5.74) is 2.21. The van der Waals surface area contributed by atoms with E-state index in [-0.39, 0.29) is 17.7 Å². The highest BCUT2D eigenvalue weighted by Crippen LogP contribution is 2.40. The molecule has 2 aliphatic rings. The Labute approximate surface area is 213 Å². The second-order valence-corrected chi connectivity index (χ2v) is 9.84. The van der Waals surface area contributed by atoms with E-state index in [1.54, 1.807) is 30.7 Å². The van der Waals surface area contributed by atoms with Crippen LogP contribution in [0.3, 0.4) is 0 Å². The lowest BCUT2D eigenvalue weighted by Crippen LogP contribution is -2.47. The molecule has 0 saturated heterocycles. The quantitative estimate of drug-likeness (QED) is 0.430. The predicted molar refractivity (Wildman–Crippen MR) is 141 cm³/mol. The van der Waals surface area contributed by atoms with Crippen LogP contribution < -0.4 is 19.9 Å². The third-order valence-electron chi connectivity index (χ3n) is 7.05. The van der Waals surface area contributed by atoms with E-state index >= 15 is 0 Å². The van der Waals surface area contributed by atoms with Crippen molar-refractivity contribution < 1.29 is 19.1 Å². The average Bonchev–Trinajstić information content (AvgIpc) is 2.93. The summed E-state index contributed by atoms with van der Waals surface area (Å²) >= 11 is 0. The van der Waals surface area contributed by atoms with Crippen LogP contribution in [0.1, 0.15) is 43.1 Å². The molecule has 0 radical (unpaired) electrons. The van der Waals surface area contributed by atoms with Crippen molar-refractivity contribution in [3.63, 3.8) is 0 Å². The van der Waals surface area contributed by atoms with E-state index in [2.05, 4.69) is 5.32 Å². The van der Waals surface area contributed by atoms with Crippen LogP contribution in [0, 0.1) is 5.41 Å². The fourth-order valence-electron chi connectivity index (χ4n) is 4.88. The molecule has 0 spiro atoms. The van der Waals surface area contributed by atoms with E-state index in [0.717, 1.165) is 43.6 Å². The van der Waals surface area contributed by atoms with Crippen LogP contribution in [0.5, 0.6) is 5.75 Å². The van der Waals surface area contributed by atoms with Crippen molar-refractivity contribution in [1.29, 1.82) is 0 Å². The number of ether oxygens (including phenoxy) is 1. The minimum atomic E-state index is -1.13. The normalized spacial score (nSPS) is 17.1. The minimum Gasteiger partial charge on any atom is -0.493 e. The van der Waals surface area contributed by atoms with Crippen molar-refractivity contribution in [2.45, 2.75) is 33.6 Å². The Balaban J connectivity index is 1.25. The van der Waals surface area contributed by atoms with Crippen LogP contribution in [-0.4, -0.2) is 69.0 Å². The molecule has 0 bridgehead atoms. The molecule has 0 fully saturated rings. The van der Waals surface area contributed by atoms with Gasteiger partial charge in [0, 0.05) is 44.9 Å². The van der Waals surface area contributed by atoms with Crippen molar-refractivity contribution >= 4 is 29.1 Å². The third kappa shape index (κ3) is 4.95. The van der Waals surface area contributed by atoms with Crippen LogP contribution in [0.15, 0.2) is 42.5 Å². The highest BCUT2D eigenvalue weighted by atomic mass is 16.5. The molecule has 0 saturated carbocycles. The average molecular weight is 493 g/mol. The second kappa shape index (κ2) is 10.7. The first-order valence-corrected chi connectivity index (χ1v) is 12.7. The fraction of sp³-hybridized carbons (Fsp3) is 0.464. The van der Waals surface area contributed by atoms with Crippen LogP contribution in [-0.2, 0) is 16.0 Å². The number of carbonyl (C=O) groups excluding carboxylic acids is 3. The molecule has 8 nitrogen and oxygen atoms in total. The summed E-state index contributed by atoms with van der Waals surface area (Å²) in [5.74, 6) is 0.340. The summed E-state index contributed by atoms with van der Waals surface area (Å²) in [7, 11) is 1.70. The van der Waals surface area contributed by atoms with Gasteiger partial charge in [0.1, 0.15) is 11.2 Å². The molecule has 36 heavy (non-hydrogen) atoms. The molecule has 1 N–H and O–H groups in total. The Kier molecular flexibility index (Phi) is 7.64. The van der Waals surface area contributed by atoms with Gasteiger partial charge in [-0.2, -0.15) is 0 Å². The smallest absolute Gasteiger partial charge is 0.254 e. The van der Waals surface area contributed by atoms with E-state index in [4.69, 9.17) is 4.74 Å². The van der Waals surface area contributed by atoms with Crippen molar-refractivity contribution in [2.24, 2.45) is 5.41 Å². The second-order valence-electron chi connectivity index (χ2n) is 9.84. The Hall–Kier alpha value is -3.39. The van der Waals surface area contributed by atoms with Crippen LogP contribution in [0.2, 0.25) is 0 Å². The molecule has 0 aromatic heterocycles. The van der Waals surface area contributed by atoms with Crippen molar-refractivity contribution in [3.05, 3.63) is 53.6 Å². The Morgan fingerprint density at radius 2 is 1.78 bits per heavy atom. The summed E-state index contributed by atoms with van der Waals surface area (Å²) in [6.07, 6.45) is 1.70. The van der Waals surface area contributed by atoms with Gasteiger partial charge in [0.25, 0.3) is 5.91 Å². The molecule has 2 heterocycles. The number of nitrogens with zero attached hydrogens (tertiary/aromatic N) is 3. The first-order valence-electron chi connectivity index (χ1n) is 12.7. The number of nitrogens with one attached hydrogen (secondary N) is 1. The zero-order chi connectivity index (χ0) is 25.9. The van der Waals surface area contributed by atoms with E-state index in [1.165, 1.54) is 0 Å². The Morgan fingerprint density at radius 3 is 2.56 bits per heavy atom. The topological polar surface area (TPSA) is 82.2 Å². The number of amides is 3. The summed E-state index contributed by atoms with van der Waals surface area (Å²) in [4.78, 5) is 43.7. The Bertz CT molecular complexity index is 1150. The first-order chi connectivity index (χ1) is 17.3. The number of hydrogen-bond donors (Lipinski definition) is 1.